The van der Waals surface area contributed by atoms with Crippen LogP contribution in [0.25, 0.3) is 0 Å². The van der Waals surface area contributed by atoms with Crippen molar-refractivity contribution in [2.45, 2.75) is 45.6 Å². The zero-order valence-electron chi connectivity index (χ0n) is 8.79. The summed E-state index contributed by atoms with van der Waals surface area (Å²) in [7, 11) is 0. The lowest BCUT2D eigenvalue weighted by molar-refractivity contribution is 0.549. The Kier molecular flexibility index (Phi) is 2.72. The average molecular weight is 211 g/mol. The van der Waals surface area contributed by atoms with Gasteiger partial charge in [0.2, 0.25) is 0 Å². The maximum absolute atomic E-state index is 5.21. The van der Waals surface area contributed by atoms with Crippen LogP contribution in [-0.4, -0.2) is 14.8 Å². The quantitative estimate of drug-likeness (QED) is 0.777. The van der Waals surface area contributed by atoms with Crippen LogP contribution in [0.1, 0.15) is 44.9 Å². The van der Waals surface area contributed by atoms with Crippen LogP contribution in [0.4, 0.5) is 0 Å². The number of nitrogens with one attached hydrogen (secondary N) is 1. The van der Waals surface area contributed by atoms with Crippen LogP contribution in [0, 0.1) is 10.7 Å². The van der Waals surface area contributed by atoms with E-state index in [9.17, 15) is 0 Å². The van der Waals surface area contributed by atoms with Crippen molar-refractivity contribution in [2.24, 2.45) is 5.92 Å². The van der Waals surface area contributed by atoms with Gasteiger partial charge in [-0.25, -0.2) is 0 Å². The van der Waals surface area contributed by atoms with Gasteiger partial charge in [-0.2, -0.15) is 5.10 Å². The van der Waals surface area contributed by atoms with Crippen LogP contribution in [0.15, 0.2) is 0 Å². The molecule has 0 aliphatic heterocycles. The normalized spacial score (nSPS) is 18.4. The van der Waals surface area contributed by atoms with Gasteiger partial charge in [-0.3, -0.25) is 5.10 Å². The van der Waals surface area contributed by atoms with E-state index >= 15 is 0 Å². The number of aromatic amines is 1. The van der Waals surface area contributed by atoms with Gasteiger partial charge in [-0.15, -0.1) is 0 Å². The maximum atomic E-state index is 5.21. The summed E-state index contributed by atoms with van der Waals surface area (Å²) in [5.74, 6) is 2.56. The van der Waals surface area contributed by atoms with Gasteiger partial charge in [0.25, 0.3) is 0 Å². The third-order valence-corrected chi connectivity index (χ3v) is 3.28. The molecule has 1 saturated carbocycles. The molecule has 1 unspecified atom stereocenters. The van der Waals surface area contributed by atoms with Crippen LogP contribution in [0.2, 0.25) is 0 Å². The molecule has 1 aliphatic rings. The summed E-state index contributed by atoms with van der Waals surface area (Å²) in [6.07, 6.45) is 3.82. The van der Waals surface area contributed by atoms with E-state index in [-0.39, 0.29) is 0 Å². The lowest BCUT2D eigenvalue weighted by Gasteiger charge is -2.10. The molecule has 2 rings (SSSR count). The molecule has 0 spiro atoms. The first-order valence-electron chi connectivity index (χ1n) is 5.39. The third kappa shape index (κ3) is 1.75. The van der Waals surface area contributed by atoms with E-state index in [2.05, 4.69) is 28.6 Å². The number of rotatable bonds is 4. The van der Waals surface area contributed by atoms with Gasteiger partial charge < -0.3 is 4.57 Å². The molecular weight excluding hydrogens is 194 g/mol. The predicted molar refractivity (Wildman–Crippen MR) is 58.8 cm³/mol. The summed E-state index contributed by atoms with van der Waals surface area (Å²) >= 11 is 5.21. The first-order valence-corrected chi connectivity index (χ1v) is 5.80. The van der Waals surface area contributed by atoms with E-state index in [1.54, 1.807) is 0 Å². The van der Waals surface area contributed by atoms with Gasteiger partial charge in [-0.05, 0) is 37.4 Å². The highest BCUT2D eigenvalue weighted by Crippen LogP contribution is 2.41. The monoisotopic (exact) mass is 211 g/mol. The number of hydrogen-bond acceptors (Lipinski definition) is 2. The largest absolute Gasteiger partial charge is 0.304 e. The summed E-state index contributed by atoms with van der Waals surface area (Å²) in [6.45, 7) is 5.41. The molecule has 1 fully saturated rings. The SMILES string of the molecule is CCCn1c(C(C)C2CC2)n[nH]c1=S. The van der Waals surface area contributed by atoms with E-state index in [1.165, 1.54) is 12.8 Å². The van der Waals surface area contributed by atoms with Crippen LogP contribution in [0.3, 0.4) is 0 Å². The van der Waals surface area contributed by atoms with E-state index < -0.39 is 0 Å². The smallest absolute Gasteiger partial charge is 0.195 e. The molecule has 0 aromatic carbocycles. The molecule has 0 radical (unpaired) electrons. The Bertz CT molecular complexity index is 362. The Morgan fingerprint density at radius 2 is 2.36 bits per heavy atom. The fourth-order valence-corrected chi connectivity index (χ4v) is 2.15. The molecule has 1 aliphatic carbocycles. The van der Waals surface area contributed by atoms with Crippen molar-refractivity contribution in [3.63, 3.8) is 0 Å². The zero-order valence-corrected chi connectivity index (χ0v) is 9.60. The molecule has 0 amide bonds. The topological polar surface area (TPSA) is 33.6 Å². The Labute approximate surface area is 89.5 Å². The second-order valence-corrected chi connectivity index (χ2v) is 4.55. The highest BCUT2D eigenvalue weighted by molar-refractivity contribution is 7.71. The second-order valence-electron chi connectivity index (χ2n) is 4.16. The summed E-state index contributed by atoms with van der Waals surface area (Å²) in [6, 6.07) is 0. The van der Waals surface area contributed by atoms with E-state index in [0.717, 1.165) is 29.5 Å². The molecule has 0 saturated heterocycles. The second kappa shape index (κ2) is 3.85. The third-order valence-electron chi connectivity index (χ3n) is 2.97. The Balaban J connectivity index is 2.26. The van der Waals surface area contributed by atoms with Crippen molar-refractivity contribution in [3.8, 4) is 0 Å². The van der Waals surface area contributed by atoms with Gasteiger partial charge >= 0.3 is 0 Å². The Morgan fingerprint density at radius 3 is 2.93 bits per heavy atom. The predicted octanol–water partition coefficient (Wildman–Crippen LogP) is 2.86. The van der Waals surface area contributed by atoms with Crippen LogP contribution in [0.5, 0.6) is 0 Å². The lowest BCUT2D eigenvalue weighted by Crippen LogP contribution is -2.08. The lowest BCUT2D eigenvalue weighted by atomic mass is 10.1. The van der Waals surface area contributed by atoms with Crippen molar-refractivity contribution in [1.82, 2.24) is 14.8 Å². The molecule has 1 aromatic rings. The van der Waals surface area contributed by atoms with Gasteiger partial charge in [0.15, 0.2) is 4.77 Å². The Hall–Kier alpha value is -0.640. The number of nitrogens with zero attached hydrogens (tertiary/aromatic N) is 2. The highest BCUT2D eigenvalue weighted by atomic mass is 32.1. The number of H-pyrrole nitrogens is 1. The Morgan fingerprint density at radius 1 is 1.64 bits per heavy atom. The van der Waals surface area contributed by atoms with Crippen molar-refractivity contribution >= 4 is 12.2 Å². The highest BCUT2D eigenvalue weighted by Gasteiger charge is 2.31. The minimum absolute atomic E-state index is 0.564. The molecule has 1 N–H and O–H groups in total. The molecule has 1 atom stereocenters. The molecule has 0 bridgehead atoms. The molecule has 1 aromatic heterocycles. The first-order chi connectivity index (χ1) is 6.74. The molecule has 3 nitrogen and oxygen atoms in total. The first kappa shape index (κ1) is 9.90. The zero-order chi connectivity index (χ0) is 10.1. The van der Waals surface area contributed by atoms with Crippen molar-refractivity contribution in [3.05, 3.63) is 10.6 Å². The number of aromatic nitrogens is 3. The van der Waals surface area contributed by atoms with E-state index in [1.807, 2.05) is 0 Å². The van der Waals surface area contributed by atoms with Gasteiger partial charge in [0, 0.05) is 12.5 Å². The van der Waals surface area contributed by atoms with Crippen LogP contribution >= 0.6 is 12.2 Å². The van der Waals surface area contributed by atoms with E-state index in [0.29, 0.717) is 5.92 Å². The maximum Gasteiger partial charge on any atom is 0.195 e. The summed E-state index contributed by atoms with van der Waals surface area (Å²) in [4.78, 5) is 0. The minimum atomic E-state index is 0.564. The summed E-state index contributed by atoms with van der Waals surface area (Å²) in [5.41, 5.74) is 0. The molecular formula is C10H17N3S. The van der Waals surface area contributed by atoms with Gasteiger partial charge in [0.05, 0.1) is 0 Å². The van der Waals surface area contributed by atoms with Crippen molar-refractivity contribution in [1.29, 1.82) is 0 Å². The standard InChI is InChI=1S/C10H17N3S/c1-3-6-13-9(11-12-10(13)14)7(2)8-4-5-8/h7-8H,3-6H2,1-2H3,(H,12,14). The number of hydrogen-bond donors (Lipinski definition) is 1. The van der Waals surface area contributed by atoms with Crippen LogP contribution in [-0.2, 0) is 6.54 Å². The molecule has 78 valence electrons. The average Bonchev–Trinajstić information content (AvgIpc) is 2.94. The fourth-order valence-electron chi connectivity index (χ4n) is 1.92. The molecule has 1 heterocycles. The van der Waals surface area contributed by atoms with Gasteiger partial charge in [-0.1, -0.05) is 13.8 Å². The van der Waals surface area contributed by atoms with Gasteiger partial charge in [0.1, 0.15) is 5.82 Å². The fraction of sp³-hybridized carbons (Fsp3) is 0.800. The molecule has 14 heavy (non-hydrogen) atoms. The van der Waals surface area contributed by atoms with E-state index in [4.69, 9.17) is 12.2 Å². The summed E-state index contributed by atoms with van der Waals surface area (Å²) < 4.78 is 2.92. The summed E-state index contributed by atoms with van der Waals surface area (Å²) in [5, 5.41) is 7.24. The van der Waals surface area contributed by atoms with Crippen molar-refractivity contribution < 1.29 is 0 Å². The van der Waals surface area contributed by atoms with Crippen molar-refractivity contribution in [2.75, 3.05) is 0 Å². The molecule has 4 heteroatoms. The minimum Gasteiger partial charge on any atom is -0.304 e. The van der Waals surface area contributed by atoms with Crippen LogP contribution < -0.4 is 0 Å².